The molecule has 0 aliphatic heterocycles. The van der Waals surface area contributed by atoms with E-state index in [9.17, 15) is 13.6 Å². The second-order valence-electron chi connectivity index (χ2n) is 7.10. The van der Waals surface area contributed by atoms with Gasteiger partial charge in [-0.2, -0.15) is 5.10 Å². The maximum absolute atomic E-state index is 13.8. The van der Waals surface area contributed by atoms with Gasteiger partial charge in [-0.05, 0) is 36.4 Å². The summed E-state index contributed by atoms with van der Waals surface area (Å²) in [5, 5.41) is 12.5. The lowest BCUT2D eigenvalue weighted by Gasteiger charge is -2.03. The number of rotatable bonds is 5. The van der Waals surface area contributed by atoms with E-state index in [2.05, 4.69) is 15.4 Å². The summed E-state index contributed by atoms with van der Waals surface area (Å²) in [5.74, 6) is -0.642. The molecule has 0 atom stereocenters. The Kier molecular flexibility index (Phi) is 4.62. The molecule has 0 saturated heterocycles. The van der Waals surface area contributed by atoms with Gasteiger partial charge in [0, 0.05) is 23.5 Å². The Morgan fingerprint density at radius 2 is 1.74 bits per heavy atom. The third-order valence-electron chi connectivity index (χ3n) is 4.95. The number of hydrogen-bond donors (Lipinski definition) is 0. The van der Waals surface area contributed by atoms with Gasteiger partial charge in [0.25, 0.3) is 5.56 Å². The van der Waals surface area contributed by atoms with Gasteiger partial charge in [0.05, 0.1) is 25.0 Å². The molecule has 5 aromatic rings. The lowest BCUT2D eigenvalue weighted by Crippen LogP contribution is -2.21. The molecule has 0 N–H and O–H groups in total. The molecule has 2 aromatic carbocycles. The summed E-state index contributed by atoms with van der Waals surface area (Å²) in [4.78, 5) is 12.9. The van der Waals surface area contributed by atoms with Gasteiger partial charge in [0.2, 0.25) is 0 Å². The monoisotopic (exact) mass is 418 g/mol. The normalized spacial score (nSPS) is 11.3. The van der Waals surface area contributed by atoms with Crippen molar-refractivity contribution in [3.63, 3.8) is 0 Å². The molecule has 0 amide bonds. The van der Waals surface area contributed by atoms with Crippen LogP contribution in [-0.2, 0) is 13.1 Å². The van der Waals surface area contributed by atoms with Crippen LogP contribution in [0.25, 0.3) is 16.8 Å². The largest absolute Gasteiger partial charge is 0.306 e. The zero-order valence-corrected chi connectivity index (χ0v) is 16.2. The molecule has 7 nitrogen and oxygen atoms in total. The number of hydrogen-bond acceptors (Lipinski definition) is 4. The van der Waals surface area contributed by atoms with E-state index in [4.69, 9.17) is 0 Å². The molecule has 0 aliphatic carbocycles. The third kappa shape index (κ3) is 3.73. The van der Waals surface area contributed by atoms with Crippen LogP contribution in [0, 0.1) is 11.6 Å². The Morgan fingerprint density at radius 3 is 2.55 bits per heavy atom. The van der Waals surface area contributed by atoms with Crippen LogP contribution in [0.3, 0.4) is 0 Å². The zero-order chi connectivity index (χ0) is 21.4. The third-order valence-corrected chi connectivity index (χ3v) is 4.95. The molecule has 0 fully saturated rings. The summed E-state index contributed by atoms with van der Waals surface area (Å²) >= 11 is 0. The Bertz CT molecular complexity index is 1430. The molecular weight excluding hydrogens is 402 g/mol. The number of fused-ring (bicyclic) bond motifs is 1. The average Bonchev–Trinajstić information content (AvgIpc) is 3.40. The molecule has 0 saturated carbocycles. The Morgan fingerprint density at radius 1 is 0.935 bits per heavy atom. The van der Waals surface area contributed by atoms with Gasteiger partial charge in [-0.15, -0.1) is 5.10 Å². The highest BCUT2D eigenvalue weighted by molar-refractivity contribution is 5.65. The van der Waals surface area contributed by atoms with Crippen molar-refractivity contribution in [2.45, 2.75) is 13.1 Å². The standard InChI is InChI=1S/C22H16F2N6O/c23-17-7-5-15(6-8-17)20-11-21-22(31)28(9-10-30(21)26-20)13-18-14-29(27-25-18)12-16-3-1-2-4-19(16)24/h1-11,14H,12-13H2. The van der Waals surface area contributed by atoms with Gasteiger partial charge >= 0.3 is 0 Å². The molecule has 9 heteroatoms. The van der Waals surface area contributed by atoms with Crippen molar-refractivity contribution in [2.75, 3.05) is 0 Å². The zero-order valence-electron chi connectivity index (χ0n) is 16.2. The van der Waals surface area contributed by atoms with Gasteiger partial charge < -0.3 is 4.57 Å². The van der Waals surface area contributed by atoms with Crippen molar-refractivity contribution < 1.29 is 8.78 Å². The first-order valence-electron chi connectivity index (χ1n) is 9.54. The highest BCUT2D eigenvalue weighted by atomic mass is 19.1. The number of nitrogens with zero attached hydrogens (tertiary/aromatic N) is 6. The highest BCUT2D eigenvalue weighted by Crippen LogP contribution is 2.18. The Balaban J connectivity index is 1.40. The fraction of sp³-hybridized carbons (Fsp3) is 0.0909. The Hall–Kier alpha value is -4.14. The Labute approximate surface area is 174 Å². The van der Waals surface area contributed by atoms with Crippen LogP contribution in [0.2, 0.25) is 0 Å². The lowest BCUT2D eigenvalue weighted by molar-refractivity contribution is 0.577. The first kappa shape index (κ1) is 18.9. The van der Waals surface area contributed by atoms with E-state index >= 15 is 0 Å². The van der Waals surface area contributed by atoms with Gasteiger partial charge in [0.1, 0.15) is 22.8 Å². The first-order chi connectivity index (χ1) is 15.1. The molecular formula is C22H16F2N6O. The van der Waals surface area contributed by atoms with Crippen LogP contribution in [0.15, 0.2) is 78.0 Å². The first-order valence-corrected chi connectivity index (χ1v) is 9.54. The van der Waals surface area contributed by atoms with Crippen molar-refractivity contribution in [2.24, 2.45) is 0 Å². The van der Waals surface area contributed by atoms with Gasteiger partial charge in [-0.3, -0.25) is 4.79 Å². The van der Waals surface area contributed by atoms with Crippen LogP contribution in [0.4, 0.5) is 8.78 Å². The fourth-order valence-corrected chi connectivity index (χ4v) is 3.38. The molecule has 154 valence electrons. The predicted molar refractivity (Wildman–Crippen MR) is 109 cm³/mol. The minimum atomic E-state index is -0.335. The van der Waals surface area contributed by atoms with Crippen molar-refractivity contribution in [3.8, 4) is 11.3 Å². The molecule has 0 bridgehead atoms. The predicted octanol–water partition coefficient (Wildman–Crippen LogP) is 3.13. The van der Waals surface area contributed by atoms with E-state index in [1.807, 2.05) is 0 Å². The van der Waals surface area contributed by atoms with Crippen LogP contribution in [0.1, 0.15) is 11.3 Å². The smallest absolute Gasteiger partial charge is 0.276 e. The van der Waals surface area contributed by atoms with Crippen LogP contribution < -0.4 is 5.56 Å². The minimum Gasteiger partial charge on any atom is -0.306 e. The van der Waals surface area contributed by atoms with Crippen molar-refractivity contribution >= 4 is 5.52 Å². The minimum absolute atomic E-state index is 0.212. The second-order valence-corrected chi connectivity index (χ2v) is 7.10. The molecule has 0 aliphatic rings. The number of aromatic nitrogens is 6. The van der Waals surface area contributed by atoms with Crippen LogP contribution in [0.5, 0.6) is 0 Å². The van der Waals surface area contributed by atoms with Crippen molar-refractivity contribution in [3.05, 3.63) is 106 Å². The molecule has 3 heterocycles. The summed E-state index contributed by atoms with van der Waals surface area (Å²) in [5.41, 5.74) is 2.51. The number of benzene rings is 2. The van der Waals surface area contributed by atoms with Gasteiger partial charge in [-0.1, -0.05) is 23.4 Å². The molecule has 3 aromatic heterocycles. The van der Waals surface area contributed by atoms with Gasteiger partial charge in [-0.25, -0.2) is 18.0 Å². The molecule has 0 radical (unpaired) electrons. The molecule has 0 spiro atoms. The van der Waals surface area contributed by atoms with E-state index in [1.165, 1.54) is 32.0 Å². The topological polar surface area (TPSA) is 70.0 Å². The summed E-state index contributed by atoms with van der Waals surface area (Å²) in [6.07, 6.45) is 4.98. The summed E-state index contributed by atoms with van der Waals surface area (Å²) in [6, 6.07) is 14.1. The fourth-order valence-electron chi connectivity index (χ4n) is 3.38. The van der Waals surface area contributed by atoms with E-state index in [1.54, 1.807) is 55.0 Å². The second kappa shape index (κ2) is 7.60. The SMILES string of the molecule is O=c1c2cc(-c3ccc(F)cc3)nn2ccn1Cc1cn(Cc2ccccc2F)nn1. The van der Waals surface area contributed by atoms with E-state index < -0.39 is 0 Å². The van der Waals surface area contributed by atoms with E-state index in [0.29, 0.717) is 28.0 Å². The van der Waals surface area contributed by atoms with Crippen molar-refractivity contribution in [1.82, 2.24) is 29.2 Å². The van der Waals surface area contributed by atoms with Crippen molar-refractivity contribution in [1.29, 1.82) is 0 Å². The summed E-state index contributed by atoms with van der Waals surface area (Å²) in [7, 11) is 0. The molecule has 0 unspecified atom stereocenters. The van der Waals surface area contributed by atoms with Crippen LogP contribution >= 0.6 is 0 Å². The maximum Gasteiger partial charge on any atom is 0.276 e. The summed E-state index contributed by atoms with van der Waals surface area (Å²) in [6.45, 7) is 0.459. The lowest BCUT2D eigenvalue weighted by atomic mass is 10.1. The van der Waals surface area contributed by atoms with E-state index in [-0.39, 0.29) is 30.3 Å². The highest BCUT2D eigenvalue weighted by Gasteiger charge is 2.11. The number of halogens is 2. The quantitative estimate of drug-likeness (QED) is 0.440. The van der Waals surface area contributed by atoms with E-state index in [0.717, 1.165) is 0 Å². The van der Waals surface area contributed by atoms with Gasteiger partial charge in [0.15, 0.2) is 0 Å². The molecule has 5 rings (SSSR count). The average molecular weight is 418 g/mol. The summed E-state index contributed by atoms with van der Waals surface area (Å²) < 4.78 is 31.5. The van der Waals surface area contributed by atoms with Crippen LogP contribution in [-0.4, -0.2) is 29.2 Å². The maximum atomic E-state index is 13.8. The molecule has 31 heavy (non-hydrogen) atoms.